The van der Waals surface area contributed by atoms with E-state index >= 15 is 0 Å². The molecule has 14 heavy (non-hydrogen) atoms. The first-order valence-corrected chi connectivity index (χ1v) is 5.37. The maximum atomic E-state index is 6.15. The van der Waals surface area contributed by atoms with Crippen LogP contribution in [0.1, 0.15) is 27.2 Å². The number of rotatable bonds is 5. The van der Waals surface area contributed by atoms with Crippen LogP contribution in [0.5, 0.6) is 0 Å². The van der Waals surface area contributed by atoms with Crippen LogP contribution in [0.2, 0.25) is 0 Å². The summed E-state index contributed by atoms with van der Waals surface area (Å²) < 4.78 is 0. The molecule has 0 bridgehead atoms. The molecule has 0 radical (unpaired) electrons. The molecule has 1 rings (SSSR count). The Morgan fingerprint density at radius 1 is 1.07 bits per heavy atom. The minimum atomic E-state index is -0.105. The zero-order valence-corrected chi connectivity index (χ0v) is 9.40. The second kappa shape index (κ2) is 4.73. The Morgan fingerprint density at radius 2 is 1.57 bits per heavy atom. The lowest BCUT2D eigenvalue weighted by molar-refractivity contribution is -0.0707. The van der Waals surface area contributed by atoms with Crippen molar-refractivity contribution in [3.63, 3.8) is 0 Å². The van der Waals surface area contributed by atoms with Crippen LogP contribution in [0.15, 0.2) is 24.3 Å². The Morgan fingerprint density at radius 3 is 1.93 bits per heavy atom. The summed E-state index contributed by atoms with van der Waals surface area (Å²) >= 11 is 0. The van der Waals surface area contributed by atoms with E-state index in [-0.39, 0.29) is 5.54 Å². The van der Waals surface area contributed by atoms with Crippen molar-refractivity contribution in [3.8, 4) is 0 Å². The van der Waals surface area contributed by atoms with E-state index in [1.807, 2.05) is 5.12 Å². The molecule has 0 saturated heterocycles. The minimum Gasteiger partial charge on any atom is -0.254 e. The lowest BCUT2D eigenvalue weighted by Gasteiger charge is -2.41. The van der Waals surface area contributed by atoms with Gasteiger partial charge >= 0.3 is 0 Å². The van der Waals surface area contributed by atoms with Crippen molar-refractivity contribution in [3.05, 3.63) is 24.3 Å². The molecule has 0 aromatic carbocycles. The predicted molar refractivity (Wildman–Crippen MR) is 60.2 cm³/mol. The third-order valence-electron chi connectivity index (χ3n) is 2.91. The molecule has 1 aliphatic rings. The van der Waals surface area contributed by atoms with Gasteiger partial charge in [-0.1, -0.05) is 45.1 Å². The van der Waals surface area contributed by atoms with Crippen molar-refractivity contribution in [2.24, 2.45) is 5.84 Å². The van der Waals surface area contributed by atoms with Crippen molar-refractivity contribution in [2.75, 3.05) is 13.1 Å². The number of hydrogen-bond acceptors (Lipinski definition) is 3. The van der Waals surface area contributed by atoms with Crippen LogP contribution in [0.25, 0.3) is 0 Å². The smallest absolute Gasteiger partial charge is 0.0872 e. The summed E-state index contributed by atoms with van der Waals surface area (Å²) in [6.07, 6.45) is 9.43. The van der Waals surface area contributed by atoms with E-state index in [1.165, 1.54) is 0 Å². The summed E-state index contributed by atoms with van der Waals surface area (Å²) in [7, 11) is 0. The fraction of sp³-hybridized carbons (Fsp3) is 0.636. The molecule has 0 aromatic heterocycles. The minimum absolute atomic E-state index is 0.105. The van der Waals surface area contributed by atoms with Crippen molar-refractivity contribution in [1.82, 2.24) is 10.1 Å². The van der Waals surface area contributed by atoms with Gasteiger partial charge in [0.15, 0.2) is 0 Å². The van der Waals surface area contributed by atoms with E-state index in [2.05, 4.69) is 50.1 Å². The lowest BCUT2D eigenvalue weighted by atomic mass is 9.99. The maximum absolute atomic E-state index is 6.15. The summed E-state index contributed by atoms with van der Waals surface area (Å²) in [4.78, 5) is 0. The van der Waals surface area contributed by atoms with Crippen LogP contribution >= 0.6 is 0 Å². The van der Waals surface area contributed by atoms with Gasteiger partial charge in [-0.15, -0.1) is 0 Å². The molecule has 0 spiro atoms. The highest BCUT2D eigenvalue weighted by Gasteiger charge is 2.32. The monoisotopic (exact) mass is 195 g/mol. The van der Waals surface area contributed by atoms with Crippen molar-refractivity contribution in [2.45, 2.75) is 32.7 Å². The molecular formula is C11H21N3. The Balaban J connectivity index is 2.79. The van der Waals surface area contributed by atoms with E-state index in [9.17, 15) is 0 Å². The molecule has 0 atom stereocenters. The largest absolute Gasteiger partial charge is 0.254 e. The Hall–Kier alpha value is -0.640. The fourth-order valence-corrected chi connectivity index (χ4v) is 1.84. The van der Waals surface area contributed by atoms with Crippen LogP contribution in [0.4, 0.5) is 0 Å². The van der Waals surface area contributed by atoms with E-state index in [0.717, 1.165) is 19.5 Å². The standard InChI is InChI=1S/C11H21N3/c1-4-11(9-7-8-10-11)14(12)13(5-2)6-3/h7-10H,4-6,12H2,1-3H3. The normalized spacial score (nSPS) is 18.7. The summed E-state index contributed by atoms with van der Waals surface area (Å²) in [6, 6.07) is 0. The predicted octanol–water partition coefficient (Wildman–Crippen LogP) is 1.69. The van der Waals surface area contributed by atoms with E-state index < -0.39 is 0 Å². The highest BCUT2D eigenvalue weighted by Crippen LogP contribution is 2.26. The molecule has 80 valence electrons. The zero-order valence-electron chi connectivity index (χ0n) is 9.40. The highest BCUT2D eigenvalue weighted by molar-refractivity contribution is 5.29. The fourth-order valence-electron chi connectivity index (χ4n) is 1.84. The van der Waals surface area contributed by atoms with Gasteiger partial charge in [0.05, 0.1) is 5.54 Å². The van der Waals surface area contributed by atoms with Gasteiger partial charge in [-0.3, -0.25) is 5.84 Å². The third kappa shape index (κ3) is 1.90. The van der Waals surface area contributed by atoms with Gasteiger partial charge in [0.2, 0.25) is 0 Å². The zero-order chi connectivity index (χ0) is 10.6. The SMILES string of the molecule is CCN(CC)N(N)C1(CC)C=CC=C1. The molecule has 1 aliphatic carbocycles. The number of hydrazine groups is 2. The van der Waals surface area contributed by atoms with E-state index in [0.29, 0.717) is 0 Å². The molecule has 0 unspecified atom stereocenters. The third-order valence-corrected chi connectivity index (χ3v) is 2.91. The Bertz CT molecular complexity index is 217. The van der Waals surface area contributed by atoms with Gasteiger partial charge in [0.25, 0.3) is 0 Å². The molecule has 2 N–H and O–H groups in total. The lowest BCUT2D eigenvalue weighted by Crippen LogP contribution is -2.58. The molecule has 0 aromatic rings. The first-order valence-electron chi connectivity index (χ1n) is 5.37. The van der Waals surface area contributed by atoms with E-state index in [1.54, 1.807) is 0 Å². The van der Waals surface area contributed by atoms with Crippen LogP contribution in [0.3, 0.4) is 0 Å². The van der Waals surface area contributed by atoms with Gasteiger partial charge < -0.3 is 0 Å². The number of hydrogen-bond donors (Lipinski definition) is 1. The van der Waals surface area contributed by atoms with Crippen LogP contribution in [-0.4, -0.2) is 28.8 Å². The molecule has 0 heterocycles. The first-order chi connectivity index (χ1) is 6.70. The maximum Gasteiger partial charge on any atom is 0.0872 e. The number of nitrogens with two attached hydrogens (primary N) is 1. The Labute approximate surface area is 86.8 Å². The average Bonchev–Trinajstić information content (AvgIpc) is 2.69. The molecule has 0 amide bonds. The van der Waals surface area contributed by atoms with E-state index in [4.69, 9.17) is 5.84 Å². The summed E-state index contributed by atoms with van der Waals surface area (Å²) in [6.45, 7) is 8.28. The molecule has 0 saturated carbocycles. The van der Waals surface area contributed by atoms with Crippen LogP contribution in [-0.2, 0) is 0 Å². The van der Waals surface area contributed by atoms with Crippen molar-refractivity contribution in [1.29, 1.82) is 0 Å². The molecule has 0 fully saturated rings. The topological polar surface area (TPSA) is 32.5 Å². The summed E-state index contributed by atoms with van der Waals surface area (Å²) in [5, 5.41) is 4.00. The summed E-state index contributed by atoms with van der Waals surface area (Å²) in [5.74, 6) is 6.15. The van der Waals surface area contributed by atoms with Crippen molar-refractivity contribution >= 4 is 0 Å². The van der Waals surface area contributed by atoms with Gasteiger partial charge in [0, 0.05) is 13.1 Å². The average molecular weight is 195 g/mol. The molecule has 3 heteroatoms. The highest BCUT2D eigenvalue weighted by atomic mass is 15.8. The van der Waals surface area contributed by atoms with Crippen LogP contribution in [0, 0.1) is 0 Å². The van der Waals surface area contributed by atoms with Gasteiger partial charge in [-0.2, -0.15) is 5.12 Å². The Kier molecular flexibility index (Phi) is 3.86. The van der Waals surface area contributed by atoms with Gasteiger partial charge in [0.1, 0.15) is 0 Å². The molecule has 3 nitrogen and oxygen atoms in total. The quantitative estimate of drug-likeness (QED) is 0.535. The molecular weight excluding hydrogens is 174 g/mol. The second-order valence-corrected chi connectivity index (χ2v) is 3.55. The molecule has 0 aliphatic heterocycles. The summed E-state index contributed by atoms with van der Waals surface area (Å²) in [5.41, 5.74) is -0.105. The number of nitrogens with zero attached hydrogens (tertiary/aromatic N) is 2. The second-order valence-electron chi connectivity index (χ2n) is 3.55. The van der Waals surface area contributed by atoms with Gasteiger partial charge in [-0.05, 0) is 6.42 Å². The van der Waals surface area contributed by atoms with Crippen molar-refractivity contribution < 1.29 is 0 Å². The first kappa shape index (κ1) is 11.4. The van der Waals surface area contributed by atoms with Crippen LogP contribution < -0.4 is 5.84 Å². The number of allylic oxidation sites excluding steroid dienone is 2. The van der Waals surface area contributed by atoms with Gasteiger partial charge in [-0.25, -0.2) is 5.01 Å².